The van der Waals surface area contributed by atoms with Crippen LogP contribution in [0.2, 0.25) is 0 Å². The summed E-state index contributed by atoms with van der Waals surface area (Å²) in [6, 6.07) is 9.51. The zero-order valence-electron chi connectivity index (χ0n) is 31.2. The highest BCUT2D eigenvalue weighted by atomic mass is 32.2. The number of hydrogen-bond donors (Lipinski definition) is 3. The van der Waals surface area contributed by atoms with Crippen LogP contribution in [0.25, 0.3) is 11.0 Å². The van der Waals surface area contributed by atoms with Gasteiger partial charge in [0.05, 0.1) is 22.8 Å². The smallest absolute Gasteiger partial charge is 0.408 e. The van der Waals surface area contributed by atoms with Crippen LogP contribution in [0.4, 0.5) is 4.79 Å². The molecule has 4 heterocycles. The number of alkyl carbamates (subject to hydrolysis) is 1. The van der Waals surface area contributed by atoms with Gasteiger partial charge in [0, 0.05) is 17.2 Å². The van der Waals surface area contributed by atoms with Crippen LogP contribution in [-0.2, 0) is 42.0 Å². The molecule has 0 bridgehead atoms. The molecule has 1 saturated heterocycles. The van der Waals surface area contributed by atoms with Gasteiger partial charge in [-0.2, -0.15) is 0 Å². The number of benzene rings is 1. The first-order valence-electron chi connectivity index (χ1n) is 19.8. The van der Waals surface area contributed by atoms with Crippen molar-refractivity contribution in [2.75, 3.05) is 6.54 Å². The first-order chi connectivity index (χ1) is 27.1. The molecule has 0 spiro atoms. The average Bonchev–Trinajstić information content (AvgIpc) is 4.03. The number of rotatable bonds is 10. The van der Waals surface area contributed by atoms with Crippen LogP contribution in [0.15, 0.2) is 53.9 Å². The molecule has 16 heteroatoms. The summed E-state index contributed by atoms with van der Waals surface area (Å²) >= 11 is 1.65. The van der Waals surface area contributed by atoms with E-state index in [-0.39, 0.29) is 25.5 Å². The minimum absolute atomic E-state index is 0.00420. The van der Waals surface area contributed by atoms with Gasteiger partial charge in [-0.1, -0.05) is 43.2 Å². The molecule has 0 radical (unpaired) electrons. The molecule has 3 aliphatic carbocycles. The van der Waals surface area contributed by atoms with E-state index in [1.807, 2.05) is 47.9 Å². The molecule has 14 nitrogen and oxygen atoms in total. The molecule has 2 aromatic heterocycles. The van der Waals surface area contributed by atoms with Gasteiger partial charge in [0.25, 0.3) is 5.91 Å². The van der Waals surface area contributed by atoms with Crippen LogP contribution >= 0.6 is 11.3 Å². The topological polar surface area (TPSA) is 186 Å². The van der Waals surface area contributed by atoms with Crippen molar-refractivity contribution in [2.45, 2.75) is 125 Å². The fourth-order valence-electron chi connectivity index (χ4n) is 7.80. The van der Waals surface area contributed by atoms with E-state index in [0.29, 0.717) is 55.6 Å². The Balaban J connectivity index is 1.09. The number of carbonyl (C=O) groups is 4. The standard InChI is InChI=1S/C40H48N6O8S2/c47-35-34-22-27(53-36-32(20-17-28-13-9-21-55-28)41-30-14-6-7-15-31(30)42-36)24-46(34)37(48)33(43-39(50)54-26-11-8-12-26)16-5-3-1-2-4-10-25-23-40(25,44-35)38(49)45-56(51,52)29-18-19-29/h4,6-7,9-10,13-15,21,25-27,29,33-34H,1-3,5,8,11-12,16-20,22-24H2,(H,43,50)(H,44,47)(H,45,49)/b10-4-/t25-,27-,33+,34+,40-/m1/s1. The molecular formula is C40H48N6O8S2. The van der Waals surface area contributed by atoms with Crippen molar-refractivity contribution in [3.05, 3.63) is 64.5 Å². The van der Waals surface area contributed by atoms with Crippen molar-refractivity contribution in [3.63, 3.8) is 0 Å². The second-order valence-electron chi connectivity index (χ2n) is 15.7. The normalized spacial score (nSPS) is 27.8. The maximum Gasteiger partial charge on any atom is 0.408 e. The van der Waals surface area contributed by atoms with Gasteiger partial charge in [-0.25, -0.2) is 23.2 Å². The number of fused-ring (bicyclic) bond motifs is 3. The summed E-state index contributed by atoms with van der Waals surface area (Å²) in [5.74, 6) is -1.95. The Kier molecular flexibility index (Phi) is 11.0. The zero-order valence-corrected chi connectivity index (χ0v) is 32.8. The number of aromatic nitrogens is 2. The Morgan fingerprint density at radius 2 is 1.75 bits per heavy atom. The molecular weight excluding hydrogens is 757 g/mol. The van der Waals surface area contributed by atoms with E-state index in [1.165, 1.54) is 9.78 Å². The third-order valence-electron chi connectivity index (χ3n) is 11.5. The van der Waals surface area contributed by atoms with E-state index < -0.39 is 68.7 Å². The highest BCUT2D eigenvalue weighted by molar-refractivity contribution is 7.91. The first-order valence-corrected chi connectivity index (χ1v) is 22.3. The van der Waals surface area contributed by atoms with Crippen molar-refractivity contribution in [3.8, 4) is 5.88 Å². The molecule has 56 heavy (non-hydrogen) atoms. The zero-order chi connectivity index (χ0) is 38.9. The van der Waals surface area contributed by atoms with E-state index in [0.717, 1.165) is 44.0 Å². The van der Waals surface area contributed by atoms with Gasteiger partial charge in [0.15, 0.2) is 0 Å². The van der Waals surface area contributed by atoms with Crippen molar-refractivity contribution >= 4 is 56.2 Å². The highest BCUT2D eigenvalue weighted by Crippen LogP contribution is 2.46. The second-order valence-corrected chi connectivity index (χ2v) is 18.7. The highest BCUT2D eigenvalue weighted by Gasteiger charge is 2.62. The van der Waals surface area contributed by atoms with Gasteiger partial charge in [-0.15, -0.1) is 11.3 Å². The number of sulfonamides is 1. The lowest BCUT2D eigenvalue weighted by Crippen LogP contribution is -2.58. The van der Waals surface area contributed by atoms with Gasteiger partial charge < -0.3 is 25.0 Å². The van der Waals surface area contributed by atoms with Gasteiger partial charge in [0.2, 0.25) is 27.7 Å². The number of ether oxygens (including phenoxy) is 2. The van der Waals surface area contributed by atoms with Crippen molar-refractivity contribution in [2.24, 2.45) is 5.92 Å². The number of nitrogens with zero attached hydrogens (tertiary/aromatic N) is 3. The predicted molar refractivity (Wildman–Crippen MR) is 208 cm³/mol. The lowest BCUT2D eigenvalue weighted by atomic mass is 9.96. The van der Waals surface area contributed by atoms with E-state index in [4.69, 9.17) is 19.4 Å². The van der Waals surface area contributed by atoms with Gasteiger partial charge in [-0.05, 0) is 94.2 Å². The molecule has 4 amide bonds. The van der Waals surface area contributed by atoms with E-state index >= 15 is 0 Å². The second kappa shape index (κ2) is 16.1. The molecule has 3 aromatic rings. The van der Waals surface area contributed by atoms with E-state index in [2.05, 4.69) is 21.4 Å². The summed E-state index contributed by atoms with van der Waals surface area (Å²) in [5, 5.41) is 7.11. The number of aryl methyl sites for hydroxylation is 2. The molecule has 3 N–H and O–H groups in total. The summed E-state index contributed by atoms with van der Waals surface area (Å²) in [7, 11) is -3.89. The maximum atomic E-state index is 14.6. The van der Waals surface area contributed by atoms with Crippen LogP contribution in [-0.4, -0.2) is 88.7 Å². The number of nitrogens with one attached hydrogen (secondary N) is 3. The molecule has 1 aromatic carbocycles. The summed E-state index contributed by atoms with van der Waals surface area (Å²) in [6.07, 6.45) is 10.6. The molecule has 4 fully saturated rings. The Morgan fingerprint density at radius 3 is 2.48 bits per heavy atom. The number of carbonyl (C=O) groups excluding carboxylic acids is 4. The van der Waals surface area contributed by atoms with E-state index in [1.54, 1.807) is 11.3 Å². The van der Waals surface area contributed by atoms with Gasteiger partial charge >= 0.3 is 6.09 Å². The monoisotopic (exact) mass is 804 g/mol. The lowest BCUT2D eigenvalue weighted by molar-refractivity contribution is -0.141. The van der Waals surface area contributed by atoms with Gasteiger partial charge in [-0.3, -0.25) is 19.1 Å². The average molecular weight is 805 g/mol. The van der Waals surface area contributed by atoms with Crippen LogP contribution in [0.5, 0.6) is 5.88 Å². The summed E-state index contributed by atoms with van der Waals surface area (Å²) in [6.45, 7) is 0.00420. The van der Waals surface area contributed by atoms with Crippen molar-refractivity contribution in [1.82, 2.24) is 30.2 Å². The summed E-state index contributed by atoms with van der Waals surface area (Å²) < 4.78 is 40.2. The summed E-state index contributed by atoms with van der Waals surface area (Å²) in [5.41, 5.74) is 0.514. The number of amides is 4. The predicted octanol–water partition coefficient (Wildman–Crippen LogP) is 4.48. The Labute approximate surface area is 330 Å². The van der Waals surface area contributed by atoms with Crippen LogP contribution in [0.3, 0.4) is 0 Å². The number of hydrogen-bond acceptors (Lipinski definition) is 11. The molecule has 8 rings (SSSR count). The third kappa shape index (κ3) is 8.55. The molecule has 5 atom stereocenters. The number of para-hydroxylation sites is 2. The molecule has 2 aliphatic heterocycles. The van der Waals surface area contributed by atoms with Gasteiger partial charge in [0.1, 0.15) is 35.5 Å². The SMILES string of the molecule is O=C(N[C@H]1CCCCC/C=C\[C@@H]2C[C@@]2(C(=O)NS(=O)(=O)C2CC2)NC(=O)[C@@H]2C[C@@H](Oc3nc4ccccc4nc3CCc3cccs3)CN2C1=O)OC1CCC1. The summed E-state index contributed by atoms with van der Waals surface area (Å²) in [4.78, 5) is 68.2. The maximum absolute atomic E-state index is 14.6. The van der Waals surface area contributed by atoms with Crippen molar-refractivity contribution in [1.29, 1.82) is 0 Å². The lowest BCUT2D eigenvalue weighted by Gasteiger charge is -2.31. The van der Waals surface area contributed by atoms with Crippen LogP contribution in [0, 0.1) is 5.92 Å². The third-order valence-corrected chi connectivity index (χ3v) is 14.3. The largest absolute Gasteiger partial charge is 0.471 e. The quantitative estimate of drug-likeness (QED) is 0.247. The molecule has 298 valence electrons. The minimum Gasteiger partial charge on any atom is -0.471 e. The fourth-order valence-corrected chi connectivity index (χ4v) is 9.87. The van der Waals surface area contributed by atoms with Crippen LogP contribution < -0.4 is 20.1 Å². The molecule has 5 aliphatic rings. The number of allylic oxidation sites excluding steroid dienone is 1. The number of thiophene rings is 1. The Hall–Kier alpha value is -4.57. The first kappa shape index (κ1) is 38.3. The van der Waals surface area contributed by atoms with Crippen LogP contribution in [0.1, 0.15) is 87.6 Å². The molecule has 3 saturated carbocycles. The fraction of sp³-hybridized carbons (Fsp3) is 0.550. The van der Waals surface area contributed by atoms with Crippen molar-refractivity contribution < 1.29 is 37.1 Å². The van der Waals surface area contributed by atoms with E-state index in [9.17, 15) is 27.6 Å². The molecule has 0 unspecified atom stereocenters. The Morgan fingerprint density at radius 1 is 0.946 bits per heavy atom. The minimum atomic E-state index is -3.89. The Bertz CT molecular complexity index is 2100.